The molecule has 0 amide bonds. The van der Waals surface area contributed by atoms with Gasteiger partial charge in [0.25, 0.3) is 0 Å². The van der Waals surface area contributed by atoms with Crippen LogP contribution in [0.5, 0.6) is 0 Å². The summed E-state index contributed by atoms with van der Waals surface area (Å²) in [4.78, 5) is 5.09. The Hall–Kier alpha value is -0.530. The Morgan fingerprint density at radius 3 is 2.44 bits per heavy atom. The minimum atomic E-state index is 0.233. The lowest BCUT2D eigenvalue weighted by atomic mass is 9.88. The number of hydrogen-bond donors (Lipinski definition) is 0. The van der Waals surface area contributed by atoms with Gasteiger partial charge in [-0.05, 0) is 0 Å². The highest BCUT2D eigenvalue weighted by molar-refractivity contribution is 5.58. The Kier molecular flexibility index (Phi) is 1.47. The lowest BCUT2D eigenvalue weighted by molar-refractivity contribution is 0.00832. The second-order valence-electron chi connectivity index (χ2n) is 3.48. The van der Waals surface area contributed by atoms with E-state index < -0.39 is 0 Å². The monoisotopic (exact) mass is 127 g/mol. The van der Waals surface area contributed by atoms with E-state index in [4.69, 9.17) is 4.84 Å². The van der Waals surface area contributed by atoms with Gasteiger partial charge in [0.15, 0.2) is 0 Å². The van der Waals surface area contributed by atoms with Gasteiger partial charge in [0.05, 0.1) is 0 Å². The topological polar surface area (TPSA) is 21.6 Å². The predicted molar refractivity (Wildman–Crippen MR) is 37.4 cm³/mol. The van der Waals surface area contributed by atoms with Gasteiger partial charge in [-0.15, -0.1) is 0 Å². The molecule has 2 nitrogen and oxygen atoms in total. The van der Waals surface area contributed by atoms with E-state index in [2.05, 4.69) is 25.9 Å². The summed E-state index contributed by atoms with van der Waals surface area (Å²) in [6, 6.07) is 0. The Bertz CT molecular complexity index is 115. The summed E-state index contributed by atoms with van der Waals surface area (Å²) >= 11 is 0. The zero-order valence-corrected chi connectivity index (χ0v) is 6.22. The first-order valence-corrected chi connectivity index (χ1v) is 3.28. The van der Waals surface area contributed by atoms with E-state index in [9.17, 15) is 0 Å². The molecular weight excluding hydrogens is 114 g/mol. The Labute approximate surface area is 55.9 Å². The fourth-order valence-corrected chi connectivity index (χ4v) is 0.810. The minimum Gasteiger partial charge on any atom is -0.392 e. The van der Waals surface area contributed by atoms with Gasteiger partial charge in [0.2, 0.25) is 0 Å². The molecule has 0 bridgehead atoms. The van der Waals surface area contributed by atoms with Crippen molar-refractivity contribution in [1.29, 1.82) is 0 Å². The van der Waals surface area contributed by atoms with Gasteiger partial charge in [0.1, 0.15) is 6.10 Å². The number of nitrogens with zero attached hydrogens (tertiary/aromatic N) is 1. The lowest BCUT2D eigenvalue weighted by Crippen LogP contribution is -2.25. The molecular formula is C7H13NO. The molecule has 0 radical (unpaired) electrons. The van der Waals surface area contributed by atoms with Crippen molar-refractivity contribution in [2.75, 3.05) is 0 Å². The molecule has 0 N–H and O–H groups in total. The fraction of sp³-hybridized carbons (Fsp3) is 0.857. The van der Waals surface area contributed by atoms with Crippen molar-refractivity contribution in [3.05, 3.63) is 0 Å². The van der Waals surface area contributed by atoms with E-state index in [1.54, 1.807) is 0 Å². The van der Waals surface area contributed by atoms with Crippen molar-refractivity contribution in [2.24, 2.45) is 10.6 Å². The normalized spacial score (nSPS) is 26.3. The standard InChI is InChI=1S/C7H13NO/c1-7(2,3)6-4-5-8-9-6/h5-6H,4H2,1-3H3. The zero-order chi connectivity index (χ0) is 6.91. The SMILES string of the molecule is CC(C)(C)C1CC=NO1. The molecule has 1 rings (SSSR count). The molecule has 1 unspecified atom stereocenters. The average Bonchev–Trinajstić information content (AvgIpc) is 2.08. The van der Waals surface area contributed by atoms with Crippen molar-refractivity contribution in [2.45, 2.75) is 33.3 Å². The summed E-state index contributed by atoms with van der Waals surface area (Å²) in [5.41, 5.74) is 0.233. The minimum absolute atomic E-state index is 0.233. The van der Waals surface area contributed by atoms with Gasteiger partial charge in [-0.25, -0.2) is 0 Å². The third-order valence-corrected chi connectivity index (χ3v) is 1.55. The van der Waals surface area contributed by atoms with Crippen molar-refractivity contribution in [1.82, 2.24) is 0 Å². The predicted octanol–water partition coefficient (Wildman–Crippen LogP) is 1.81. The van der Waals surface area contributed by atoms with E-state index in [0.29, 0.717) is 0 Å². The quantitative estimate of drug-likeness (QED) is 0.486. The van der Waals surface area contributed by atoms with Crippen molar-refractivity contribution in [3.8, 4) is 0 Å². The third-order valence-electron chi connectivity index (χ3n) is 1.55. The molecule has 0 saturated heterocycles. The fourth-order valence-electron chi connectivity index (χ4n) is 0.810. The highest BCUT2D eigenvalue weighted by atomic mass is 16.6. The molecule has 0 aromatic carbocycles. The number of hydrogen-bond acceptors (Lipinski definition) is 2. The van der Waals surface area contributed by atoms with Crippen LogP contribution in [0.2, 0.25) is 0 Å². The molecule has 9 heavy (non-hydrogen) atoms. The molecule has 1 aliphatic rings. The summed E-state index contributed by atoms with van der Waals surface area (Å²) in [6.07, 6.45) is 3.08. The van der Waals surface area contributed by atoms with E-state index >= 15 is 0 Å². The second-order valence-corrected chi connectivity index (χ2v) is 3.48. The summed E-state index contributed by atoms with van der Waals surface area (Å²) in [5, 5.41) is 3.71. The highest BCUT2D eigenvalue weighted by Gasteiger charge is 2.27. The molecule has 1 heterocycles. The maximum Gasteiger partial charge on any atom is 0.137 e. The Morgan fingerprint density at radius 1 is 1.56 bits per heavy atom. The smallest absolute Gasteiger partial charge is 0.137 e. The van der Waals surface area contributed by atoms with Crippen LogP contribution in [-0.2, 0) is 4.84 Å². The Morgan fingerprint density at radius 2 is 2.22 bits per heavy atom. The van der Waals surface area contributed by atoms with Gasteiger partial charge in [-0.1, -0.05) is 25.9 Å². The third kappa shape index (κ3) is 1.44. The summed E-state index contributed by atoms with van der Waals surface area (Å²) < 4.78 is 0. The van der Waals surface area contributed by atoms with Gasteiger partial charge < -0.3 is 4.84 Å². The van der Waals surface area contributed by atoms with E-state index in [-0.39, 0.29) is 11.5 Å². The van der Waals surface area contributed by atoms with Gasteiger partial charge >= 0.3 is 0 Å². The first-order chi connectivity index (χ1) is 4.11. The zero-order valence-electron chi connectivity index (χ0n) is 6.22. The van der Waals surface area contributed by atoms with Crippen LogP contribution in [0.1, 0.15) is 27.2 Å². The Balaban J connectivity index is 2.46. The van der Waals surface area contributed by atoms with E-state index in [1.165, 1.54) is 0 Å². The van der Waals surface area contributed by atoms with E-state index in [1.807, 2.05) is 6.21 Å². The van der Waals surface area contributed by atoms with E-state index in [0.717, 1.165) is 6.42 Å². The number of oxime groups is 1. The molecule has 1 atom stereocenters. The maximum atomic E-state index is 5.09. The average molecular weight is 127 g/mol. The molecule has 0 aliphatic carbocycles. The van der Waals surface area contributed by atoms with Gasteiger partial charge in [-0.2, -0.15) is 0 Å². The summed E-state index contributed by atoms with van der Waals surface area (Å²) in [6.45, 7) is 6.48. The van der Waals surface area contributed by atoms with Gasteiger partial charge in [-0.3, -0.25) is 0 Å². The second kappa shape index (κ2) is 2.01. The van der Waals surface area contributed by atoms with Crippen molar-refractivity contribution in [3.63, 3.8) is 0 Å². The maximum absolute atomic E-state index is 5.09. The van der Waals surface area contributed by atoms with Crippen LogP contribution in [0.15, 0.2) is 5.16 Å². The molecule has 0 aromatic heterocycles. The van der Waals surface area contributed by atoms with Crippen LogP contribution in [0.3, 0.4) is 0 Å². The molecule has 1 aliphatic heterocycles. The lowest BCUT2D eigenvalue weighted by Gasteiger charge is -2.23. The molecule has 0 saturated carbocycles. The first kappa shape index (κ1) is 6.59. The van der Waals surface area contributed by atoms with Crippen LogP contribution in [0, 0.1) is 5.41 Å². The first-order valence-electron chi connectivity index (χ1n) is 3.28. The summed E-state index contributed by atoms with van der Waals surface area (Å²) in [7, 11) is 0. The van der Waals surface area contributed by atoms with Crippen LogP contribution < -0.4 is 0 Å². The summed E-state index contributed by atoms with van der Waals surface area (Å²) in [5.74, 6) is 0. The molecule has 2 heteroatoms. The van der Waals surface area contributed by atoms with Gasteiger partial charge in [0, 0.05) is 18.1 Å². The molecule has 52 valence electrons. The van der Waals surface area contributed by atoms with Crippen LogP contribution >= 0.6 is 0 Å². The molecule has 0 spiro atoms. The van der Waals surface area contributed by atoms with Crippen LogP contribution in [-0.4, -0.2) is 12.3 Å². The van der Waals surface area contributed by atoms with Crippen LogP contribution in [0.25, 0.3) is 0 Å². The van der Waals surface area contributed by atoms with Crippen molar-refractivity contribution >= 4 is 6.21 Å². The van der Waals surface area contributed by atoms with Crippen molar-refractivity contribution < 1.29 is 4.84 Å². The molecule has 0 fully saturated rings. The molecule has 0 aromatic rings. The number of rotatable bonds is 0. The van der Waals surface area contributed by atoms with Crippen LogP contribution in [0.4, 0.5) is 0 Å². The highest BCUT2D eigenvalue weighted by Crippen LogP contribution is 2.26. The largest absolute Gasteiger partial charge is 0.392 e.